The van der Waals surface area contributed by atoms with E-state index in [-0.39, 0.29) is 0 Å². The van der Waals surface area contributed by atoms with Gasteiger partial charge < -0.3 is 5.32 Å². The number of carbonyl (C=O) groups is 1. The Bertz CT molecular complexity index is 889. The molecule has 0 heterocycles. The first-order valence-corrected chi connectivity index (χ1v) is 6.65. The number of hydrogen-bond acceptors (Lipinski definition) is 6. The van der Waals surface area contributed by atoms with Gasteiger partial charge in [-0.15, -0.1) is 0 Å². The van der Waals surface area contributed by atoms with Crippen LogP contribution < -0.4 is 5.32 Å². The normalized spacial score (nSPS) is 9.83. The Kier molecular flexibility index (Phi) is 4.72. The van der Waals surface area contributed by atoms with Crippen LogP contribution in [-0.2, 0) is 0 Å². The van der Waals surface area contributed by atoms with Crippen molar-refractivity contribution in [3.63, 3.8) is 0 Å². The van der Waals surface area contributed by atoms with Crippen LogP contribution in [-0.4, -0.2) is 15.8 Å². The van der Waals surface area contributed by atoms with Gasteiger partial charge in [-0.3, -0.25) is 25.0 Å². The highest BCUT2D eigenvalue weighted by molar-refractivity contribution is 6.36. The molecule has 24 heavy (non-hydrogen) atoms. The first-order chi connectivity index (χ1) is 11.3. The Morgan fingerprint density at radius 3 is 2.25 bits per heavy atom. The largest absolute Gasteiger partial charge is 0.322 e. The minimum Gasteiger partial charge on any atom is -0.322 e. The lowest BCUT2D eigenvalue weighted by molar-refractivity contribution is -0.394. The molecule has 0 fully saturated rings. The lowest BCUT2D eigenvalue weighted by Crippen LogP contribution is -2.13. The quantitative estimate of drug-likeness (QED) is 0.665. The molecule has 10 heteroatoms. The van der Waals surface area contributed by atoms with E-state index >= 15 is 0 Å². The third kappa shape index (κ3) is 3.45. The topological polar surface area (TPSA) is 139 Å². The predicted octanol–water partition coefficient (Wildman–Crippen LogP) is 3.28. The summed E-state index contributed by atoms with van der Waals surface area (Å²) in [4.78, 5) is 32.3. The number of amides is 1. The van der Waals surface area contributed by atoms with Crippen LogP contribution in [0.3, 0.4) is 0 Å². The molecule has 0 aliphatic carbocycles. The Morgan fingerprint density at radius 2 is 1.75 bits per heavy atom. The molecule has 0 aromatic heterocycles. The van der Waals surface area contributed by atoms with Crippen molar-refractivity contribution in [2.45, 2.75) is 0 Å². The zero-order chi connectivity index (χ0) is 17.9. The van der Waals surface area contributed by atoms with Gasteiger partial charge in [0.1, 0.15) is 5.02 Å². The van der Waals surface area contributed by atoms with Crippen molar-refractivity contribution in [3.05, 3.63) is 72.8 Å². The molecule has 0 aliphatic rings. The maximum atomic E-state index is 12.2. The molecule has 2 aromatic rings. The van der Waals surface area contributed by atoms with E-state index in [1.54, 1.807) is 0 Å². The average Bonchev–Trinajstić information content (AvgIpc) is 2.55. The molecule has 0 saturated carbocycles. The van der Waals surface area contributed by atoms with Crippen molar-refractivity contribution in [2.24, 2.45) is 0 Å². The Labute approximate surface area is 139 Å². The molecule has 1 amide bonds. The molecule has 0 spiro atoms. The summed E-state index contributed by atoms with van der Waals surface area (Å²) in [5, 5.41) is 32.4. The monoisotopic (exact) mass is 346 g/mol. The second kappa shape index (κ2) is 6.72. The molecular formula is C14H7ClN4O5. The lowest BCUT2D eigenvalue weighted by Gasteiger charge is -2.07. The summed E-state index contributed by atoms with van der Waals surface area (Å²) in [6.45, 7) is 0. The molecular weight excluding hydrogens is 340 g/mol. The molecule has 0 atom stereocenters. The summed E-state index contributed by atoms with van der Waals surface area (Å²) < 4.78 is 0. The maximum Gasteiger partial charge on any atom is 0.295 e. The second-order valence-corrected chi connectivity index (χ2v) is 4.86. The number of nitro benzene ring substituents is 2. The standard InChI is InChI=1S/C14H7ClN4O5/c15-13-11(5-10(18(21)22)6-12(13)19(23)24)14(20)17-9-3-1-8(7-16)2-4-9/h1-6H,(H,17,20). The molecule has 0 saturated heterocycles. The van der Waals surface area contributed by atoms with Crippen molar-refractivity contribution in [1.29, 1.82) is 5.26 Å². The molecule has 2 rings (SSSR count). The van der Waals surface area contributed by atoms with Crippen LogP contribution in [0.4, 0.5) is 17.1 Å². The highest BCUT2D eigenvalue weighted by atomic mass is 35.5. The van der Waals surface area contributed by atoms with Gasteiger partial charge in [-0.25, -0.2) is 0 Å². The number of nitrogens with one attached hydrogen (secondary N) is 1. The number of nitriles is 1. The van der Waals surface area contributed by atoms with E-state index in [1.165, 1.54) is 24.3 Å². The van der Waals surface area contributed by atoms with Crippen molar-refractivity contribution in [3.8, 4) is 6.07 Å². The number of halogens is 1. The molecule has 120 valence electrons. The number of nitro groups is 2. The van der Waals surface area contributed by atoms with Gasteiger partial charge in [-0.1, -0.05) is 11.6 Å². The van der Waals surface area contributed by atoms with Gasteiger partial charge in [0.25, 0.3) is 17.3 Å². The van der Waals surface area contributed by atoms with Crippen LogP contribution in [0.2, 0.25) is 5.02 Å². The van der Waals surface area contributed by atoms with Gasteiger partial charge in [0.2, 0.25) is 0 Å². The third-order valence-electron chi connectivity index (χ3n) is 2.96. The summed E-state index contributed by atoms with van der Waals surface area (Å²) in [6.07, 6.45) is 0. The molecule has 9 nitrogen and oxygen atoms in total. The van der Waals surface area contributed by atoms with E-state index < -0.39 is 37.7 Å². The van der Waals surface area contributed by atoms with Crippen molar-refractivity contribution >= 4 is 34.6 Å². The van der Waals surface area contributed by atoms with E-state index in [1.807, 2.05) is 6.07 Å². The van der Waals surface area contributed by atoms with E-state index in [4.69, 9.17) is 16.9 Å². The Balaban J connectivity index is 2.42. The van der Waals surface area contributed by atoms with E-state index in [0.717, 1.165) is 6.07 Å². The zero-order valence-corrected chi connectivity index (χ0v) is 12.5. The number of non-ortho nitro benzene ring substituents is 1. The van der Waals surface area contributed by atoms with Crippen molar-refractivity contribution in [2.75, 3.05) is 5.32 Å². The molecule has 1 N–H and O–H groups in total. The molecule has 2 aromatic carbocycles. The number of carbonyl (C=O) groups excluding carboxylic acids is 1. The minimum absolute atomic E-state index is 0.296. The fourth-order valence-corrected chi connectivity index (χ4v) is 2.09. The summed E-state index contributed by atoms with van der Waals surface area (Å²) in [5.41, 5.74) is -1.10. The molecule has 0 radical (unpaired) electrons. The van der Waals surface area contributed by atoms with Gasteiger partial charge in [-0.2, -0.15) is 5.26 Å². The first kappa shape index (κ1) is 16.9. The number of hydrogen-bond donors (Lipinski definition) is 1. The summed E-state index contributed by atoms with van der Waals surface area (Å²) in [5.74, 6) is -0.850. The van der Waals surface area contributed by atoms with Gasteiger partial charge in [0.15, 0.2) is 0 Å². The highest BCUT2D eigenvalue weighted by Crippen LogP contribution is 2.33. The van der Waals surface area contributed by atoms with Gasteiger partial charge >= 0.3 is 0 Å². The Hall–Kier alpha value is -3.51. The average molecular weight is 347 g/mol. The van der Waals surface area contributed by atoms with Gasteiger partial charge in [-0.05, 0) is 24.3 Å². The van der Waals surface area contributed by atoms with Crippen LogP contribution in [0.25, 0.3) is 0 Å². The van der Waals surface area contributed by atoms with Crippen LogP contribution in [0.1, 0.15) is 15.9 Å². The highest BCUT2D eigenvalue weighted by Gasteiger charge is 2.26. The van der Waals surface area contributed by atoms with Gasteiger partial charge in [0.05, 0.1) is 33.1 Å². The SMILES string of the molecule is N#Cc1ccc(NC(=O)c2cc([N+](=O)[O-])cc([N+](=O)[O-])c2Cl)cc1. The summed E-state index contributed by atoms with van der Waals surface area (Å²) in [7, 11) is 0. The van der Waals surface area contributed by atoms with Crippen LogP contribution in [0, 0.1) is 31.6 Å². The van der Waals surface area contributed by atoms with E-state index in [9.17, 15) is 25.0 Å². The number of nitrogens with zero attached hydrogens (tertiary/aromatic N) is 3. The predicted molar refractivity (Wildman–Crippen MR) is 83.9 cm³/mol. The fourth-order valence-electron chi connectivity index (χ4n) is 1.82. The molecule has 0 aliphatic heterocycles. The lowest BCUT2D eigenvalue weighted by atomic mass is 10.1. The number of anilines is 1. The first-order valence-electron chi connectivity index (χ1n) is 6.27. The number of benzene rings is 2. The summed E-state index contributed by atoms with van der Waals surface area (Å²) in [6, 6.07) is 9.23. The molecule has 0 bridgehead atoms. The van der Waals surface area contributed by atoms with Gasteiger partial charge in [0, 0.05) is 11.8 Å². The van der Waals surface area contributed by atoms with Crippen LogP contribution >= 0.6 is 11.6 Å². The van der Waals surface area contributed by atoms with Crippen LogP contribution in [0.15, 0.2) is 36.4 Å². The number of rotatable bonds is 4. The second-order valence-electron chi connectivity index (χ2n) is 4.48. The fraction of sp³-hybridized carbons (Fsp3) is 0. The minimum atomic E-state index is -0.909. The third-order valence-corrected chi connectivity index (χ3v) is 3.36. The summed E-state index contributed by atoms with van der Waals surface area (Å²) >= 11 is 5.82. The van der Waals surface area contributed by atoms with E-state index in [0.29, 0.717) is 17.3 Å². The zero-order valence-electron chi connectivity index (χ0n) is 11.7. The van der Waals surface area contributed by atoms with Crippen molar-refractivity contribution < 1.29 is 14.6 Å². The molecule has 0 unspecified atom stereocenters. The van der Waals surface area contributed by atoms with Crippen LogP contribution in [0.5, 0.6) is 0 Å². The van der Waals surface area contributed by atoms with Crippen molar-refractivity contribution in [1.82, 2.24) is 0 Å². The maximum absolute atomic E-state index is 12.2. The van der Waals surface area contributed by atoms with E-state index in [2.05, 4.69) is 5.32 Å². The smallest absolute Gasteiger partial charge is 0.295 e. The Morgan fingerprint density at radius 1 is 1.12 bits per heavy atom.